The fourth-order valence-electron chi connectivity index (χ4n) is 2.83. The minimum Gasteiger partial charge on any atom is -0.314 e. The average molecular weight is 256 g/mol. The van der Waals surface area contributed by atoms with Gasteiger partial charge in [-0.25, -0.2) is 0 Å². The lowest BCUT2D eigenvalue weighted by molar-refractivity contribution is 0.0956. The summed E-state index contributed by atoms with van der Waals surface area (Å²) in [5, 5.41) is 3.80. The van der Waals surface area contributed by atoms with Crippen LogP contribution in [0.15, 0.2) is 0 Å². The Morgan fingerprint density at radius 2 is 1.88 bits per heavy atom. The first-order valence-electron chi connectivity index (χ1n) is 7.12. The van der Waals surface area contributed by atoms with E-state index >= 15 is 0 Å². The summed E-state index contributed by atoms with van der Waals surface area (Å²) in [6, 6.07) is 0.777. The molecule has 0 radical (unpaired) electrons. The summed E-state index contributed by atoms with van der Waals surface area (Å²) in [6.45, 7) is 10.8. The van der Waals surface area contributed by atoms with Crippen LogP contribution in [-0.2, 0) is 0 Å². The maximum Gasteiger partial charge on any atom is 0.0125 e. The molecule has 0 spiro atoms. The van der Waals surface area contributed by atoms with Crippen LogP contribution in [0.3, 0.4) is 0 Å². The van der Waals surface area contributed by atoms with Crippen molar-refractivity contribution in [3.8, 4) is 0 Å². The summed E-state index contributed by atoms with van der Waals surface area (Å²) in [6.07, 6.45) is 4.09. The second kappa shape index (κ2) is 5.94. The molecule has 2 saturated heterocycles. The van der Waals surface area contributed by atoms with Crippen LogP contribution in [0.4, 0.5) is 0 Å². The van der Waals surface area contributed by atoms with Gasteiger partial charge in [-0.15, -0.1) is 0 Å². The van der Waals surface area contributed by atoms with E-state index in [2.05, 4.69) is 42.7 Å². The Morgan fingerprint density at radius 3 is 2.41 bits per heavy atom. The Balaban J connectivity index is 1.65. The van der Waals surface area contributed by atoms with Gasteiger partial charge in [-0.05, 0) is 64.0 Å². The molecular weight excluding hydrogens is 228 g/mol. The molecule has 1 N–H and O–H groups in total. The van der Waals surface area contributed by atoms with Gasteiger partial charge in [0.05, 0.1) is 0 Å². The fourth-order valence-corrected chi connectivity index (χ4v) is 4.12. The van der Waals surface area contributed by atoms with E-state index in [4.69, 9.17) is 0 Å². The van der Waals surface area contributed by atoms with Crippen LogP contribution in [0.5, 0.6) is 0 Å². The van der Waals surface area contributed by atoms with Gasteiger partial charge < -0.3 is 5.32 Å². The molecule has 0 aromatic carbocycles. The van der Waals surface area contributed by atoms with Crippen LogP contribution in [0.1, 0.15) is 40.0 Å². The highest BCUT2D eigenvalue weighted by Gasteiger charge is 2.27. The molecule has 0 aromatic heterocycles. The van der Waals surface area contributed by atoms with Crippen LogP contribution < -0.4 is 5.32 Å². The number of likely N-dealkylation sites (tertiary alicyclic amines) is 1. The van der Waals surface area contributed by atoms with Crippen molar-refractivity contribution < 1.29 is 0 Å². The second-order valence-electron chi connectivity index (χ2n) is 6.57. The molecule has 0 aromatic rings. The molecule has 100 valence electrons. The quantitative estimate of drug-likeness (QED) is 0.835. The molecule has 2 fully saturated rings. The smallest absolute Gasteiger partial charge is 0.0125 e. The van der Waals surface area contributed by atoms with E-state index in [1.54, 1.807) is 0 Å². The largest absolute Gasteiger partial charge is 0.314 e. The van der Waals surface area contributed by atoms with Gasteiger partial charge in [0, 0.05) is 24.7 Å². The van der Waals surface area contributed by atoms with E-state index in [1.165, 1.54) is 50.4 Å². The molecule has 17 heavy (non-hydrogen) atoms. The standard InChI is InChI=1S/C14H28N2S/c1-14(2,3)16-7-4-13(5-8-16)15-10-12-6-9-17-11-12/h12-13,15H,4-11H2,1-3H3. The first-order valence-corrected chi connectivity index (χ1v) is 8.27. The molecule has 0 aliphatic carbocycles. The third-order valence-corrected chi connectivity index (χ3v) is 5.39. The van der Waals surface area contributed by atoms with Crippen molar-refractivity contribution in [1.82, 2.24) is 10.2 Å². The van der Waals surface area contributed by atoms with Crippen molar-refractivity contribution in [2.45, 2.75) is 51.6 Å². The zero-order chi connectivity index (χ0) is 12.3. The van der Waals surface area contributed by atoms with Crippen LogP contribution in [0, 0.1) is 5.92 Å². The Bertz CT molecular complexity index is 223. The Hall–Kier alpha value is 0.270. The number of hydrogen-bond donors (Lipinski definition) is 1. The summed E-state index contributed by atoms with van der Waals surface area (Å²) < 4.78 is 0. The van der Waals surface area contributed by atoms with Crippen molar-refractivity contribution in [2.24, 2.45) is 5.92 Å². The molecule has 2 heterocycles. The maximum absolute atomic E-state index is 3.80. The fraction of sp³-hybridized carbons (Fsp3) is 1.00. The van der Waals surface area contributed by atoms with Crippen molar-refractivity contribution in [3.05, 3.63) is 0 Å². The summed E-state index contributed by atoms with van der Waals surface area (Å²) in [7, 11) is 0. The van der Waals surface area contributed by atoms with Gasteiger partial charge in [-0.2, -0.15) is 11.8 Å². The molecule has 2 nitrogen and oxygen atoms in total. The molecule has 0 amide bonds. The lowest BCUT2D eigenvalue weighted by Crippen LogP contribution is -2.50. The third-order valence-electron chi connectivity index (χ3n) is 4.16. The van der Waals surface area contributed by atoms with Gasteiger partial charge >= 0.3 is 0 Å². The highest BCUT2D eigenvalue weighted by molar-refractivity contribution is 7.99. The van der Waals surface area contributed by atoms with E-state index < -0.39 is 0 Å². The number of piperidine rings is 1. The monoisotopic (exact) mass is 256 g/mol. The average Bonchev–Trinajstić information content (AvgIpc) is 2.78. The molecule has 0 saturated carbocycles. The minimum absolute atomic E-state index is 0.354. The lowest BCUT2D eigenvalue weighted by atomic mass is 9.97. The predicted octanol–water partition coefficient (Wildman–Crippen LogP) is 2.59. The summed E-state index contributed by atoms with van der Waals surface area (Å²) in [4.78, 5) is 2.62. The zero-order valence-corrected chi connectivity index (χ0v) is 12.5. The predicted molar refractivity (Wildman–Crippen MR) is 77.8 cm³/mol. The molecular formula is C14H28N2S. The van der Waals surface area contributed by atoms with Crippen molar-refractivity contribution in [1.29, 1.82) is 0 Å². The van der Waals surface area contributed by atoms with Gasteiger partial charge in [0.25, 0.3) is 0 Å². The van der Waals surface area contributed by atoms with Crippen LogP contribution in [0.2, 0.25) is 0 Å². The third kappa shape index (κ3) is 4.15. The molecule has 2 aliphatic rings. The van der Waals surface area contributed by atoms with E-state index in [1.807, 2.05) is 0 Å². The number of hydrogen-bond acceptors (Lipinski definition) is 3. The summed E-state index contributed by atoms with van der Waals surface area (Å²) >= 11 is 2.12. The van der Waals surface area contributed by atoms with Crippen molar-refractivity contribution in [3.63, 3.8) is 0 Å². The topological polar surface area (TPSA) is 15.3 Å². The molecule has 2 aliphatic heterocycles. The maximum atomic E-state index is 3.80. The van der Waals surface area contributed by atoms with Crippen LogP contribution in [-0.4, -0.2) is 47.6 Å². The van der Waals surface area contributed by atoms with Crippen LogP contribution in [0.25, 0.3) is 0 Å². The van der Waals surface area contributed by atoms with Crippen molar-refractivity contribution >= 4 is 11.8 Å². The molecule has 3 heteroatoms. The van der Waals surface area contributed by atoms with E-state index in [-0.39, 0.29) is 0 Å². The first kappa shape index (κ1) is 13.7. The molecule has 1 unspecified atom stereocenters. The second-order valence-corrected chi connectivity index (χ2v) is 7.72. The van der Waals surface area contributed by atoms with Gasteiger partial charge in [0.2, 0.25) is 0 Å². The summed E-state index contributed by atoms with van der Waals surface area (Å²) in [5.74, 6) is 3.71. The Kier molecular flexibility index (Phi) is 4.79. The van der Waals surface area contributed by atoms with E-state index in [9.17, 15) is 0 Å². The number of nitrogens with one attached hydrogen (secondary N) is 1. The van der Waals surface area contributed by atoms with Crippen LogP contribution >= 0.6 is 11.8 Å². The van der Waals surface area contributed by atoms with E-state index in [0.29, 0.717) is 5.54 Å². The number of rotatable bonds is 3. The van der Waals surface area contributed by atoms with E-state index in [0.717, 1.165) is 12.0 Å². The van der Waals surface area contributed by atoms with Crippen molar-refractivity contribution in [2.75, 3.05) is 31.1 Å². The van der Waals surface area contributed by atoms with Gasteiger partial charge in [-0.1, -0.05) is 0 Å². The number of thioether (sulfide) groups is 1. The Labute approximate surface area is 111 Å². The normalized spacial score (nSPS) is 28.8. The first-order chi connectivity index (χ1) is 8.05. The van der Waals surface area contributed by atoms with Gasteiger partial charge in [0.15, 0.2) is 0 Å². The summed E-state index contributed by atoms with van der Waals surface area (Å²) in [5.41, 5.74) is 0.354. The Morgan fingerprint density at radius 1 is 1.18 bits per heavy atom. The minimum atomic E-state index is 0.354. The SMILES string of the molecule is CC(C)(C)N1CCC(NCC2CCSC2)CC1. The number of nitrogens with zero attached hydrogens (tertiary/aromatic N) is 1. The molecule has 0 bridgehead atoms. The van der Waals surface area contributed by atoms with Gasteiger partial charge in [0.1, 0.15) is 0 Å². The zero-order valence-electron chi connectivity index (χ0n) is 11.7. The molecule has 1 atom stereocenters. The lowest BCUT2D eigenvalue weighted by Gasteiger charge is -2.41. The van der Waals surface area contributed by atoms with Gasteiger partial charge in [-0.3, -0.25) is 4.90 Å². The highest BCUT2D eigenvalue weighted by atomic mass is 32.2. The molecule has 2 rings (SSSR count). The highest BCUT2D eigenvalue weighted by Crippen LogP contribution is 2.24.